The Balaban J connectivity index is 1.50. The highest BCUT2D eigenvalue weighted by Crippen LogP contribution is 2.31. The van der Waals surface area contributed by atoms with E-state index in [1.807, 2.05) is 48.5 Å². The van der Waals surface area contributed by atoms with Gasteiger partial charge in [0.05, 0.1) is 13.2 Å². The number of carbonyl (C=O) groups excluding carboxylic acids is 1. The maximum atomic E-state index is 13.0. The van der Waals surface area contributed by atoms with E-state index in [-0.39, 0.29) is 5.91 Å². The van der Waals surface area contributed by atoms with E-state index in [9.17, 15) is 4.79 Å². The van der Waals surface area contributed by atoms with E-state index < -0.39 is 0 Å². The molecule has 0 bridgehead atoms. The van der Waals surface area contributed by atoms with Crippen molar-refractivity contribution in [2.45, 2.75) is 26.8 Å². The minimum atomic E-state index is -0.0262. The van der Waals surface area contributed by atoms with Crippen molar-refractivity contribution in [3.8, 4) is 17.1 Å². The molecule has 0 spiro atoms. The van der Waals surface area contributed by atoms with Crippen molar-refractivity contribution in [1.29, 1.82) is 0 Å². The Morgan fingerprint density at radius 2 is 2.03 bits per heavy atom. The molecule has 0 aliphatic carbocycles. The zero-order chi connectivity index (χ0) is 20.4. The summed E-state index contributed by atoms with van der Waals surface area (Å²) in [6.45, 7) is 5.86. The minimum Gasteiger partial charge on any atom is -0.493 e. The molecule has 0 fully saturated rings. The van der Waals surface area contributed by atoms with E-state index in [0.717, 1.165) is 22.6 Å². The van der Waals surface area contributed by atoms with Crippen LogP contribution in [0.5, 0.6) is 5.75 Å². The second-order valence-electron chi connectivity index (χ2n) is 7.65. The molecule has 2 aromatic carbocycles. The molecule has 0 radical (unpaired) electrons. The molecule has 1 aliphatic heterocycles. The zero-order valence-corrected chi connectivity index (χ0v) is 17.3. The van der Waals surface area contributed by atoms with Crippen LogP contribution < -0.4 is 4.74 Å². The molecule has 4 rings (SSSR count). The fraction of sp³-hybridized carbons (Fsp3) is 0.304. The molecule has 5 nitrogen and oxygen atoms in total. The van der Waals surface area contributed by atoms with Gasteiger partial charge in [-0.2, -0.15) is 0 Å². The Bertz CT molecular complexity index is 1010. The molecule has 3 aromatic rings. The molecule has 1 aromatic heterocycles. The smallest absolute Gasteiger partial charge is 0.254 e. The largest absolute Gasteiger partial charge is 0.493 e. The third kappa shape index (κ3) is 4.30. The van der Waals surface area contributed by atoms with Crippen molar-refractivity contribution in [1.82, 2.24) is 10.1 Å². The first-order valence-electron chi connectivity index (χ1n) is 9.77. The molecule has 1 amide bonds. The summed E-state index contributed by atoms with van der Waals surface area (Å²) in [6.07, 6.45) is 0.700. The fourth-order valence-electron chi connectivity index (χ4n) is 3.40. The monoisotopic (exact) mass is 410 g/mol. The summed E-state index contributed by atoms with van der Waals surface area (Å²) in [5, 5.41) is 4.90. The summed E-state index contributed by atoms with van der Waals surface area (Å²) < 4.78 is 11.4. The molecule has 0 saturated heterocycles. The number of hydrogen-bond donors (Lipinski definition) is 0. The molecule has 0 saturated carbocycles. The fourth-order valence-corrected chi connectivity index (χ4v) is 3.52. The molecular formula is C23H23ClN2O3. The summed E-state index contributed by atoms with van der Waals surface area (Å²) in [6, 6.07) is 14.9. The lowest BCUT2D eigenvalue weighted by molar-refractivity contribution is 0.0731. The Hall–Kier alpha value is -2.79. The molecule has 150 valence electrons. The summed E-state index contributed by atoms with van der Waals surface area (Å²) >= 11 is 5.98. The maximum absolute atomic E-state index is 13.0. The average molecular weight is 411 g/mol. The van der Waals surface area contributed by atoms with Gasteiger partial charge in [0.15, 0.2) is 5.76 Å². The van der Waals surface area contributed by atoms with Gasteiger partial charge < -0.3 is 14.2 Å². The summed E-state index contributed by atoms with van der Waals surface area (Å²) in [7, 11) is 0. The highest BCUT2D eigenvalue weighted by Gasteiger charge is 2.28. The van der Waals surface area contributed by atoms with Crippen molar-refractivity contribution >= 4 is 17.5 Å². The van der Waals surface area contributed by atoms with E-state index in [4.69, 9.17) is 20.9 Å². The average Bonchev–Trinajstić information content (AvgIpc) is 3.16. The van der Waals surface area contributed by atoms with Gasteiger partial charge in [-0.25, -0.2) is 0 Å². The van der Waals surface area contributed by atoms with E-state index in [2.05, 4.69) is 19.0 Å². The van der Waals surface area contributed by atoms with Crippen LogP contribution in [-0.2, 0) is 13.0 Å². The van der Waals surface area contributed by atoms with E-state index >= 15 is 0 Å². The summed E-state index contributed by atoms with van der Waals surface area (Å²) in [4.78, 5) is 14.8. The Morgan fingerprint density at radius 3 is 2.79 bits per heavy atom. The van der Waals surface area contributed by atoms with Crippen LogP contribution in [0.4, 0.5) is 0 Å². The number of nitrogens with zero attached hydrogens (tertiary/aromatic N) is 2. The number of rotatable bonds is 5. The molecular weight excluding hydrogens is 388 g/mol. The predicted octanol–water partition coefficient (Wildman–Crippen LogP) is 5.23. The second-order valence-corrected chi connectivity index (χ2v) is 8.09. The van der Waals surface area contributed by atoms with Gasteiger partial charge >= 0.3 is 0 Å². The number of ether oxygens (including phenoxy) is 1. The Kier molecular flexibility index (Phi) is 5.58. The number of amides is 1. The number of aromatic nitrogens is 1. The van der Waals surface area contributed by atoms with Gasteiger partial charge in [-0.3, -0.25) is 4.79 Å². The Labute approximate surface area is 175 Å². The first-order chi connectivity index (χ1) is 14.0. The molecule has 0 unspecified atom stereocenters. The molecule has 29 heavy (non-hydrogen) atoms. The van der Waals surface area contributed by atoms with Gasteiger partial charge in [-0.05, 0) is 54.8 Å². The van der Waals surface area contributed by atoms with Crippen molar-refractivity contribution in [2.24, 2.45) is 5.92 Å². The van der Waals surface area contributed by atoms with Crippen LogP contribution in [0.15, 0.2) is 53.1 Å². The van der Waals surface area contributed by atoms with Crippen molar-refractivity contribution < 1.29 is 14.1 Å². The third-order valence-corrected chi connectivity index (χ3v) is 5.15. The van der Waals surface area contributed by atoms with Crippen LogP contribution in [0, 0.1) is 5.92 Å². The molecule has 0 atom stereocenters. The SMILES string of the molecule is CC(C)COc1cccc(C(=O)N2CCc3c(noc3-c3ccc(Cl)cc3)C2)c1. The second kappa shape index (κ2) is 8.29. The van der Waals surface area contributed by atoms with Gasteiger partial charge in [-0.15, -0.1) is 0 Å². The lowest BCUT2D eigenvalue weighted by Crippen LogP contribution is -2.36. The van der Waals surface area contributed by atoms with Crippen LogP contribution >= 0.6 is 11.6 Å². The van der Waals surface area contributed by atoms with Gasteiger partial charge in [0.2, 0.25) is 0 Å². The third-order valence-electron chi connectivity index (χ3n) is 4.90. The van der Waals surface area contributed by atoms with Gasteiger partial charge in [0, 0.05) is 28.3 Å². The van der Waals surface area contributed by atoms with Crippen molar-refractivity contribution in [2.75, 3.05) is 13.2 Å². The highest BCUT2D eigenvalue weighted by molar-refractivity contribution is 6.30. The number of hydrogen-bond acceptors (Lipinski definition) is 4. The number of fused-ring (bicyclic) bond motifs is 1. The van der Waals surface area contributed by atoms with Crippen LogP contribution in [0.1, 0.15) is 35.5 Å². The van der Waals surface area contributed by atoms with E-state index in [1.54, 1.807) is 4.90 Å². The Morgan fingerprint density at radius 1 is 1.24 bits per heavy atom. The van der Waals surface area contributed by atoms with Crippen LogP contribution in [0.3, 0.4) is 0 Å². The van der Waals surface area contributed by atoms with Crippen LogP contribution in [0.2, 0.25) is 5.02 Å². The van der Waals surface area contributed by atoms with Crippen LogP contribution in [0.25, 0.3) is 11.3 Å². The quantitative estimate of drug-likeness (QED) is 0.578. The number of carbonyl (C=O) groups is 1. The first-order valence-corrected chi connectivity index (χ1v) is 10.1. The predicted molar refractivity (Wildman–Crippen MR) is 112 cm³/mol. The maximum Gasteiger partial charge on any atom is 0.254 e. The van der Waals surface area contributed by atoms with Crippen molar-refractivity contribution in [3.63, 3.8) is 0 Å². The highest BCUT2D eigenvalue weighted by atomic mass is 35.5. The molecule has 1 aliphatic rings. The molecule has 2 heterocycles. The molecule has 6 heteroatoms. The van der Waals surface area contributed by atoms with E-state index in [1.165, 1.54) is 0 Å². The van der Waals surface area contributed by atoms with Gasteiger partial charge in [0.25, 0.3) is 5.91 Å². The van der Waals surface area contributed by atoms with Crippen LogP contribution in [-0.4, -0.2) is 29.1 Å². The minimum absolute atomic E-state index is 0.0262. The molecule has 0 N–H and O–H groups in total. The normalized spacial score (nSPS) is 13.4. The zero-order valence-electron chi connectivity index (χ0n) is 16.5. The number of benzene rings is 2. The first kappa shape index (κ1) is 19.5. The number of halogens is 1. The topological polar surface area (TPSA) is 55.6 Å². The lowest BCUT2D eigenvalue weighted by Gasteiger charge is -2.26. The lowest BCUT2D eigenvalue weighted by atomic mass is 10.00. The standard InChI is InChI=1S/C23H23ClN2O3/c1-15(2)14-28-19-5-3-4-17(12-19)23(27)26-11-10-20-21(13-26)25-29-22(20)16-6-8-18(24)9-7-16/h3-9,12,15H,10-11,13-14H2,1-2H3. The van der Waals surface area contributed by atoms with Gasteiger partial charge in [-0.1, -0.05) is 36.7 Å². The summed E-state index contributed by atoms with van der Waals surface area (Å²) in [5.74, 6) is 1.88. The summed E-state index contributed by atoms with van der Waals surface area (Å²) in [5.41, 5.74) is 3.43. The van der Waals surface area contributed by atoms with E-state index in [0.29, 0.717) is 48.4 Å². The van der Waals surface area contributed by atoms with Gasteiger partial charge in [0.1, 0.15) is 11.4 Å². The van der Waals surface area contributed by atoms with Crippen molar-refractivity contribution in [3.05, 3.63) is 70.4 Å².